The number of allylic oxidation sites excluding steroid dienone is 3. The molecular weight excluding hydrogens is 122 g/mol. The summed E-state index contributed by atoms with van der Waals surface area (Å²) in [5.74, 6) is 0. The van der Waals surface area contributed by atoms with Crippen LogP contribution in [0.15, 0.2) is 23.4 Å². The predicted octanol–water partition coefficient (Wildman–Crippen LogP) is 2.60. The van der Waals surface area contributed by atoms with Gasteiger partial charge in [0.15, 0.2) is 0 Å². The van der Waals surface area contributed by atoms with Crippen LogP contribution in [0.5, 0.6) is 0 Å². The molecule has 10 heavy (non-hydrogen) atoms. The van der Waals surface area contributed by atoms with Crippen LogP contribution in [0.25, 0.3) is 0 Å². The SMILES string of the molecule is CC.CC1=CC(N)=CCC1. The molecule has 0 spiro atoms. The van der Waals surface area contributed by atoms with E-state index in [9.17, 15) is 0 Å². The van der Waals surface area contributed by atoms with Crippen molar-refractivity contribution in [3.63, 3.8) is 0 Å². The molecule has 1 heteroatoms. The zero-order valence-electron chi connectivity index (χ0n) is 7.15. The van der Waals surface area contributed by atoms with Crippen LogP contribution in [0.2, 0.25) is 0 Å². The third kappa shape index (κ3) is 3.33. The van der Waals surface area contributed by atoms with Crippen molar-refractivity contribution in [2.75, 3.05) is 0 Å². The highest BCUT2D eigenvalue weighted by molar-refractivity contribution is 5.23. The molecule has 0 radical (unpaired) electrons. The Kier molecular flexibility index (Phi) is 4.73. The zero-order chi connectivity index (χ0) is 7.98. The molecule has 1 aliphatic rings. The molecule has 58 valence electrons. The molecule has 0 heterocycles. The van der Waals surface area contributed by atoms with E-state index in [0.717, 1.165) is 12.1 Å². The average Bonchev–Trinajstić information content (AvgIpc) is 1.91. The first-order valence-corrected chi connectivity index (χ1v) is 3.92. The van der Waals surface area contributed by atoms with Crippen LogP contribution in [0.4, 0.5) is 0 Å². The van der Waals surface area contributed by atoms with E-state index in [2.05, 4.69) is 13.0 Å². The Morgan fingerprint density at radius 2 is 2.00 bits per heavy atom. The third-order valence-corrected chi connectivity index (χ3v) is 1.33. The van der Waals surface area contributed by atoms with E-state index < -0.39 is 0 Å². The Balaban J connectivity index is 0.000000371. The predicted molar refractivity (Wildman–Crippen MR) is 46.6 cm³/mol. The van der Waals surface area contributed by atoms with Gasteiger partial charge in [0.25, 0.3) is 0 Å². The van der Waals surface area contributed by atoms with Gasteiger partial charge in [-0.15, -0.1) is 0 Å². The lowest BCUT2D eigenvalue weighted by atomic mass is 10.1. The molecule has 2 N–H and O–H groups in total. The van der Waals surface area contributed by atoms with E-state index in [1.165, 1.54) is 12.0 Å². The van der Waals surface area contributed by atoms with Crippen molar-refractivity contribution in [1.29, 1.82) is 0 Å². The van der Waals surface area contributed by atoms with E-state index >= 15 is 0 Å². The molecule has 0 unspecified atom stereocenters. The quantitative estimate of drug-likeness (QED) is 0.548. The highest BCUT2D eigenvalue weighted by Crippen LogP contribution is 2.12. The summed E-state index contributed by atoms with van der Waals surface area (Å²) in [6, 6.07) is 0. The lowest BCUT2D eigenvalue weighted by Gasteiger charge is -2.04. The summed E-state index contributed by atoms with van der Waals surface area (Å²) < 4.78 is 0. The van der Waals surface area contributed by atoms with Crippen LogP contribution in [0, 0.1) is 0 Å². The van der Waals surface area contributed by atoms with Crippen LogP contribution < -0.4 is 5.73 Å². The summed E-state index contributed by atoms with van der Waals surface area (Å²) in [6.07, 6.45) is 6.39. The van der Waals surface area contributed by atoms with Crippen LogP contribution in [0.1, 0.15) is 33.6 Å². The summed E-state index contributed by atoms with van der Waals surface area (Å²) in [5.41, 5.74) is 7.83. The standard InChI is InChI=1S/C7H11N.C2H6/c1-6-3-2-4-7(8)5-6;1-2/h4-5H,2-3,8H2,1H3;1-2H3. The molecule has 0 aromatic heterocycles. The molecule has 1 nitrogen and oxygen atoms in total. The maximum Gasteiger partial charge on any atom is 0.0272 e. The Bertz CT molecular complexity index is 143. The Morgan fingerprint density at radius 1 is 1.40 bits per heavy atom. The van der Waals surface area contributed by atoms with Gasteiger partial charge in [-0.1, -0.05) is 25.5 Å². The third-order valence-electron chi connectivity index (χ3n) is 1.33. The number of rotatable bonds is 0. The van der Waals surface area contributed by atoms with Gasteiger partial charge in [0, 0.05) is 5.70 Å². The Morgan fingerprint density at radius 3 is 2.30 bits per heavy atom. The summed E-state index contributed by atoms with van der Waals surface area (Å²) in [4.78, 5) is 0. The first kappa shape index (κ1) is 9.28. The molecule has 0 fully saturated rings. The first-order chi connectivity index (χ1) is 4.79. The first-order valence-electron chi connectivity index (χ1n) is 3.92. The van der Waals surface area contributed by atoms with E-state index in [4.69, 9.17) is 5.73 Å². The van der Waals surface area contributed by atoms with E-state index in [0.29, 0.717) is 0 Å². The summed E-state index contributed by atoms with van der Waals surface area (Å²) >= 11 is 0. The van der Waals surface area contributed by atoms with Crippen LogP contribution in [0.3, 0.4) is 0 Å². The summed E-state index contributed by atoms with van der Waals surface area (Å²) in [6.45, 7) is 6.11. The fourth-order valence-electron chi connectivity index (χ4n) is 0.882. The minimum absolute atomic E-state index is 0.925. The molecular formula is C9H17N. The Hall–Kier alpha value is -0.720. The lowest BCUT2D eigenvalue weighted by molar-refractivity contribution is 0.941. The van der Waals surface area contributed by atoms with Gasteiger partial charge in [-0.3, -0.25) is 0 Å². The van der Waals surface area contributed by atoms with Crippen molar-refractivity contribution in [1.82, 2.24) is 0 Å². The van der Waals surface area contributed by atoms with E-state index in [-0.39, 0.29) is 0 Å². The number of hydrogen-bond donors (Lipinski definition) is 1. The lowest BCUT2D eigenvalue weighted by Crippen LogP contribution is -1.97. The summed E-state index contributed by atoms with van der Waals surface area (Å²) in [5, 5.41) is 0. The molecule has 0 amide bonds. The van der Waals surface area contributed by atoms with Crippen molar-refractivity contribution in [2.24, 2.45) is 5.73 Å². The van der Waals surface area contributed by atoms with Crippen molar-refractivity contribution in [3.8, 4) is 0 Å². The van der Waals surface area contributed by atoms with Crippen LogP contribution >= 0.6 is 0 Å². The van der Waals surface area contributed by atoms with Gasteiger partial charge in [-0.05, 0) is 25.8 Å². The second-order valence-corrected chi connectivity index (χ2v) is 2.23. The molecule has 0 bridgehead atoms. The van der Waals surface area contributed by atoms with E-state index in [1.807, 2.05) is 19.9 Å². The van der Waals surface area contributed by atoms with Crippen LogP contribution in [-0.2, 0) is 0 Å². The molecule has 0 aliphatic heterocycles. The molecule has 0 saturated heterocycles. The minimum Gasteiger partial charge on any atom is -0.399 e. The van der Waals surface area contributed by atoms with Gasteiger partial charge < -0.3 is 5.73 Å². The van der Waals surface area contributed by atoms with Crippen molar-refractivity contribution < 1.29 is 0 Å². The van der Waals surface area contributed by atoms with Gasteiger partial charge >= 0.3 is 0 Å². The van der Waals surface area contributed by atoms with Crippen molar-refractivity contribution in [2.45, 2.75) is 33.6 Å². The second kappa shape index (κ2) is 5.10. The highest BCUT2D eigenvalue weighted by Gasteiger charge is 1.95. The zero-order valence-corrected chi connectivity index (χ0v) is 7.15. The van der Waals surface area contributed by atoms with Gasteiger partial charge in [0.2, 0.25) is 0 Å². The molecule has 0 saturated carbocycles. The topological polar surface area (TPSA) is 26.0 Å². The van der Waals surface area contributed by atoms with Gasteiger partial charge in [-0.25, -0.2) is 0 Å². The summed E-state index contributed by atoms with van der Waals surface area (Å²) in [7, 11) is 0. The van der Waals surface area contributed by atoms with Gasteiger partial charge in [0.1, 0.15) is 0 Å². The van der Waals surface area contributed by atoms with Crippen LogP contribution in [-0.4, -0.2) is 0 Å². The molecule has 1 aliphatic carbocycles. The molecule has 0 aromatic carbocycles. The maximum atomic E-state index is 5.51. The normalized spacial score (nSPS) is 16.3. The smallest absolute Gasteiger partial charge is 0.0272 e. The fraction of sp³-hybridized carbons (Fsp3) is 0.556. The molecule has 0 aromatic rings. The number of hydrogen-bond acceptors (Lipinski definition) is 1. The number of nitrogens with two attached hydrogens (primary N) is 1. The van der Waals surface area contributed by atoms with Gasteiger partial charge in [-0.2, -0.15) is 0 Å². The van der Waals surface area contributed by atoms with E-state index in [1.54, 1.807) is 0 Å². The van der Waals surface area contributed by atoms with Crippen molar-refractivity contribution >= 4 is 0 Å². The second-order valence-electron chi connectivity index (χ2n) is 2.23. The van der Waals surface area contributed by atoms with Crippen molar-refractivity contribution in [3.05, 3.63) is 23.4 Å². The molecule has 0 atom stereocenters. The minimum atomic E-state index is 0.925. The maximum absolute atomic E-state index is 5.51. The van der Waals surface area contributed by atoms with Gasteiger partial charge in [0.05, 0.1) is 0 Å². The monoisotopic (exact) mass is 139 g/mol. The fourth-order valence-corrected chi connectivity index (χ4v) is 0.882. The molecule has 1 rings (SSSR count). The average molecular weight is 139 g/mol. The largest absolute Gasteiger partial charge is 0.399 e. The Labute approximate surface area is 63.6 Å². The highest BCUT2D eigenvalue weighted by atomic mass is 14.6.